The lowest BCUT2D eigenvalue weighted by Crippen LogP contribution is -2.04. The van der Waals surface area contributed by atoms with Gasteiger partial charge in [-0.15, -0.1) is 0 Å². The molecule has 0 spiro atoms. The summed E-state index contributed by atoms with van der Waals surface area (Å²) in [4.78, 5) is 0. The van der Waals surface area contributed by atoms with E-state index in [0.29, 0.717) is 0 Å². The van der Waals surface area contributed by atoms with Crippen molar-refractivity contribution in [1.82, 2.24) is 5.32 Å². The van der Waals surface area contributed by atoms with Crippen LogP contribution in [0.15, 0.2) is 0 Å². The van der Waals surface area contributed by atoms with Gasteiger partial charge in [-0.1, -0.05) is 46.5 Å². The summed E-state index contributed by atoms with van der Waals surface area (Å²) in [5, 5.41) is 3.02. The first-order chi connectivity index (χ1) is 5.41. The molecule has 0 aromatic carbocycles. The minimum absolute atomic E-state index is 1.14. The minimum atomic E-state index is 1.14. The molecule has 1 aliphatic rings. The average Bonchev–Trinajstić information content (AvgIpc) is 1.90. The van der Waals surface area contributed by atoms with Gasteiger partial charge in [0.25, 0.3) is 0 Å². The second-order valence-corrected chi connectivity index (χ2v) is 2.52. The Morgan fingerprint density at radius 1 is 1.00 bits per heavy atom. The van der Waals surface area contributed by atoms with Gasteiger partial charge in [-0.25, -0.2) is 0 Å². The Hall–Kier alpha value is -0.0400. The second-order valence-electron chi connectivity index (χ2n) is 2.52. The molecule has 0 unspecified atom stereocenters. The lowest BCUT2D eigenvalue weighted by atomic mass is 10.0. The monoisotopic (exact) mass is 159 g/mol. The molecule has 1 fully saturated rings. The molecule has 1 aliphatic carbocycles. The summed E-state index contributed by atoms with van der Waals surface area (Å²) < 4.78 is 0. The summed E-state index contributed by atoms with van der Waals surface area (Å²) in [5.41, 5.74) is 0. The Morgan fingerprint density at radius 3 is 1.36 bits per heavy atom. The lowest BCUT2D eigenvalue weighted by molar-refractivity contribution is 0.504. The van der Waals surface area contributed by atoms with Crippen molar-refractivity contribution in [3.63, 3.8) is 0 Å². The molecule has 0 aliphatic heterocycles. The highest BCUT2D eigenvalue weighted by Crippen LogP contribution is 2.15. The fourth-order valence-electron chi connectivity index (χ4n) is 0.500. The standard InChI is InChI=1S/C4H11N.C4H8.C2H6/c1-3-4-5-2;1-2-4-3-1;1-2/h5H,3-4H2,1-2H3;1-4H2;1-2H3. The van der Waals surface area contributed by atoms with Crippen LogP contribution in [0.4, 0.5) is 0 Å². The Kier molecular flexibility index (Phi) is 20.3. The van der Waals surface area contributed by atoms with Crippen LogP contribution in [0.25, 0.3) is 0 Å². The van der Waals surface area contributed by atoms with Gasteiger partial charge in [0, 0.05) is 0 Å². The molecule has 1 saturated carbocycles. The molecule has 0 amide bonds. The van der Waals surface area contributed by atoms with Crippen LogP contribution in [0.2, 0.25) is 0 Å². The van der Waals surface area contributed by atoms with Gasteiger partial charge in [-0.05, 0) is 20.0 Å². The summed E-state index contributed by atoms with van der Waals surface area (Å²) >= 11 is 0. The van der Waals surface area contributed by atoms with Crippen molar-refractivity contribution in [3.05, 3.63) is 0 Å². The van der Waals surface area contributed by atoms with Gasteiger partial charge >= 0.3 is 0 Å². The van der Waals surface area contributed by atoms with E-state index in [0.717, 1.165) is 6.54 Å². The van der Waals surface area contributed by atoms with E-state index in [1.54, 1.807) is 0 Å². The van der Waals surface area contributed by atoms with E-state index >= 15 is 0 Å². The maximum absolute atomic E-state index is 3.02. The molecular weight excluding hydrogens is 134 g/mol. The highest BCUT2D eigenvalue weighted by atomic mass is 14.8. The average molecular weight is 159 g/mol. The molecule has 0 atom stereocenters. The lowest BCUT2D eigenvalue weighted by Gasteiger charge is -2.05. The fourth-order valence-corrected chi connectivity index (χ4v) is 0.500. The number of hydrogen-bond donors (Lipinski definition) is 1. The van der Waals surface area contributed by atoms with Gasteiger partial charge < -0.3 is 5.32 Å². The molecule has 1 N–H and O–H groups in total. The zero-order chi connectivity index (χ0) is 8.95. The van der Waals surface area contributed by atoms with Crippen LogP contribution < -0.4 is 5.32 Å². The Labute approximate surface area is 72.6 Å². The maximum atomic E-state index is 3.02. The second kappa shape index (κ2) is 16.5. The third-order valence-electron chi connectivity index (χ3n) is 1.50. The molecular formula is C10H25N. The summed E-state index contributed by atoms with van der Waals surface area (Å²) in [6.07, 6.45) is 7.23. The van der Waals surface area contributed by atoms with Gasteiger partial charge in [-0.2, -0.15) is 0 Å². The highest BCUT2D eigenvalue weighted by Gasteiger charge is 1.95. The largest absolute Gasteiger partial charge is 0.320 e. The Bertz CT molecular complexity index is 34.1. The maximum Gasteiger partial charge on any atom is -0.00546 e. The SMILES string of the molecule is C1CCC1.CC.CCCNC. The first-order valence-electron chi connectivity index (χ1n) is 5.06. The Balaban J connectivity index is 0. The van der Waals surface area contributed by atoms with E-state index in [2.05, 4.69) is 12.2 Å². The fraction of sp³-hybridized carbons (Fsp3) is 1.00. The molecule has 1 nitrogen and oxygen atoms in total. The first-order valence-corrected chi connectivity index (χ1v) is 5.06. The van der Waals surface area contributed by atoms with Crippen molar-refractivity contribution in [3.8, 4) is 0 Å². The summed E-state index contributed by atoms with van der Waals surface area (Å²) in [6, 6.07) is 0. The van der Waals surface area contributed by atoms with Crippen molar-refractivity contribution in [2.24, 2.45) is 0 Å². The van der Waals surface area contributed by atoms with Crippen LogP contribution in [0.1, 0.15) is 52.9 Å². The molecule has 1 heteroatoms. The number of nitrogens with one attached hydrogen (secondary N) is 1. The minimum Gasteiger partial charge on any atom is -0.320 e. The van der Waals surface area contributed by atoms with Gasteiger partial charge in [0.15, 0.2) is 0 Å². The summed E-state index contributed by atoms with van der Waals surface area (Å²) in [7, 11) is 1.96. The zero-order valence-electron chi connectivity index (χ0n) is 8.74. The Morgan fingerprint density at radius 2 is 1.36 bits per heavy atom. The van der Waals surface area contributed by atoms with E-state index < -0.39 is 0 Å². The van der Waals surface area contributed by atoms with E-state index in [-0.39, 0.29) is 0 Å². The molecule has 11 heavy (non-hydrogen) atoms. The normalized spacial score (nSPS) is 13.1. The molecule has 1 rings (SSSR count). The zero-order valence-corrected chi connectivity index (χ0v) is 8.74. The predicted octanol–water partition coefficient (Wildman–Crippen LogP) is 3.20. The van der Waals surface area contributed by atoms with Gasteiger partial charge in [0.1, 0.15) is 0 Å². The van der Waals surface area contributed by atoms with Crippen LogP contribution in [-0.2, 0) is 0 Å². The number of hydrogen-bond acceptors (Lipinski definition) is 1. The van der Waals surface area contributed by atoms with Crippen molar-refractivity contribution >= 4 is 0 Å². The molecule has 0 radical (unpaired) electrons. The van der Waals surface area contributed by atoms with Crippen LogP contribution in [0.3, 0.4) is 0 Å². The number of rotatable bonds is 2. The topological polar surface area (TPSA) is 12.0 Å². The van der Waals surface area contributed by atoms with Gasteiger partial charge in [0.2, 0.25) is 0 Å². The van der Waals surface area contributed by atoms with E-state index in [4.69, 9.17) is 0 Å². The van der Waals surface area contributed by atoms with Crippen molar-refractivity contribution < 1.29 is 0 Å². The van der Waals surface area contributed by atoms with Crippen LogP contribution in [0.5, 0.6) is 0 Å². The first kappa shape index (κ1) is 13.5. The van der Waals surface area contributed by atoms with E-state index in [9.17, 15) is 0 Å². The smallest absolute Gasteiger partial charge is 0.00546 e. The molecule has 0 heterocycles. The highest BCUT2D eigenvalue weighted by molar-refractivity contribution is 4.50. The molecule has 0 saturated heterocycles. The van der Waals surface area contributed by atoms with Crippen molar-refractivity contribution in [1.29, 1.82) is 0 Å². The summed E-state index contributed by atoms with van der Waals surface area (Å²) in [5.74, 6) is 0. The third-order valence-corrected chi connectivity index (χ3v) is 1.50. The van der Waals surface area contributed by atoms with Crippen LogP contribution >= 0.6 is 0 Å². The predicted molar refractivity (Wildman–Crippen MR) is 54.0 cm³/mol. The molecule has 0 aromatic heterocycles. The van der Waals surface area contributed by atoms with Crippen LogP contribution in [0, 0.1) is 0 Å². The van der Waals surface area contributed by atoms with E-state index in [1.807, 2.05) is 20.9 Å². The van der Waals surface area contributed by atoms with E-state index in [1.165, 1.54) is 32.1 Å². The summed E-state index contributed by atoms with van der Waals surface area (Å²) in [6.45, 7) is 7.29. The van der Waals surface area contributed by atoms with Crippen LogP contribution in [-0.4, -0.2) is 13.6 Å². The van der Waals surface area contributed by atoms with Gasteiger partial charge in [-0.3, -0.25) is 0 Å². The quantitative estimate of drug-likeness (QED) is 0.652. The van der Waals surface area contributed by atoms with Gasteiger partial charge in [0.05, 0.1) is 0 Å². The van der Waals surface area contributed by atoms with Crippen molar-refractivity contribution in [2.75, 3.05) is 13.6 Å². The molecule has 0 bridgehead atoms. The molecule has 0 aromatic rings. The third kappa shape index (κ3) is 17.8. The van der Waals surface area contributed by atoms with Crippen molar-refractivity contribution in [2.45, 2.75) is 52.9 Å². The molecule has 70 valence electrons.